The van der Waals surface area contributed by atoms with Gasteiger partial charge in [0, 0.05) is 41.1 Å². The Labute approximate surface area is 226 Å². The van der Waals surface area contributed by atoms with Crippen molar-refractivity contribution < 1.29 is 9.13 Å². The summed E-state index contributed by atoms with van der Waals surface area (Å²) in [6.45, 7) is 3.24. The molecule has 3 aromatic carbocycles. The van der Waals surface area contributed by atoms with Crippen molar-refractivity contribution in [1.82, 2.24) is 14.5 Å². The van der Waals surface area contributed by atoms with E-state index in [0.29, 0.717) is 0 Å². The molecule has 2 aromatic heterocycles. The number of aromatic nitrogens is 3. The van der Waals surface area contributed by atoms with E-state index in [1.807, 2.05) is 12.1 Å². The van der Waals surface area contributed by atoms with E-state index in [4.69, 9.17) is 20.4 Å². The number of nitrogens with zero attached hydrogens (tertiary/aromatic N) is 4. The zero-order valence-corrected chi connectivity index (χ0v) is 21.7. The van der Waals surface area contributed by atoms with Crippen LogP contribution in [-0.2, 0) is 10.3 Å². The summed E-state index contributed by atoms with van der Waals surface area (Å²) in [5.41, 5.74) is 13.9. The van der Waals surface area contributed by atoms with E-state index in [2.05, 4.69) is 58.0 Å². The molecule has 1 aliphatic carbocycles. The van der Waals surface area contributed by atoms with E-state index in [9.17, 15) is 4.39 Å². The quantitative estimate of drug-likeness (QED) is 0.305. The Kier molecular flexibility index (Phi) is 5.90. The second-order valence-electron chi connectivity index (χ2n) is 10.5. The lowest BCUT2D eigenvalue weighted by Gasteiger charge is -2.38. The molecule has 2 aliphatic rings. The average Bonchev–Trinajstić information content (AvgIpc) is 3.36. The van der Waals surface area contributed by atoms with Crippen molar-refractivity contribution in [3.8, 4) is 28.3 Å². The summed E-state index contributed by atoms with van der Waals surface area (Å²) in [5.74, 6) is 0.440. The Balaban J connectivity index is 1.35. The van der Waals surface area contributed by atoms with Gasteiger partial charge in [-0.1, -0.05) is 24.3 Å². The summed E-state index contributed by atoms with van der Waals surface area (Å²) in [7, 11) is 0. The summed E-state index contributed by atoms with van der Waals surface area (Å²) >= 11 is 0. The third-order valence-corrected chi connectivity index (χ3v) is 8.07. The van der Waals surface area contributed by atoms with Crippen LogP contribution in [0.4, 0.5) is 10.1 Å². The maximum absolute atomic E-state index is 13.8. The average molecular weight is 520 g/mol. The highest BCUT2D eigenvalue weighted by molar-refractivity contribution is 5.83. The Morgan fingerprint density at radius 2 is 1.56 bits per heavy atom. The molecule has 0 atom stereocenters. The smallest absolute Gasteiger partial charge is 0.165 e. The van der Waals surface area contributed by atoms with Crippen LogP contribution in [0.5, 0.6) is 0 Å². The molecule has 0 unspecified atom stereocenters. The Bertz CT molecular complexity index is 1630. The minimum absolute atomic E-state index is 0.230. The summed E-state index contributed by atoms with van der Waals surface area (Å²) < 4.78 is 21.4. The summed E-state index contributed by atoms with van der Waals surface area (Å²) in [6, 6.07) is 27.4. The van der Waals surface area contributed by atoms with Gasteiger partial charge >= 0.3 is 0 Å². The SMILES string of the molecule is NC1(c2ccc(-n3c(-c4ccc(F)cc4)nc4ccc(-c5cccc(N6CCOCC6)c5)nc43)cc2)CCC1. The molecule has 39 heavy (non-hydrogen) atoms. The van der Waals surface area contributed by atoms with Crippen molar-refractivity contribution in [1.29, 1.82) is 0 Å². The van der Waals surface area contributed by atoms with E-state index >= 15 is 0 Å². The minimum atomic E-state index is -0.278. The van der Waals surface area contributed by atoms with Crippen LogP contribution in [-0.4, -0.2) is 40.8 Å². The highest BCUT2D eigenvalue weighted by Crippen LogP contribution is 2.39. The summed E-state index contributed by atoms with van der Waals surface area (Å²) in [4.78, 5) is 12.4. The van der Waals surface area contributed by atoms with Gasteiger partial charge in [0.15, 0.2) is 5.65 Å². The number of morpholine rings is 1. The highest BCUT2D eigenvalue weighted by atomic mass is 19.1. The van der Waals surface area contributed by atoms with Gasteiger partial charge < -0.3 is 15.4 Å². The molecule has 1 aliphatic heterocycles. The molecule has 6 nitrogen and oxygen atoms in total. The zero-order chi connectivity index (χ0) is 26.4. The summed E-state index contributed by atoms with van der Waals surface area (Å²) in [6.07, 6.45) is 3.18. The van der Waals surface area contributed by atoms with E-state index in [-0.39, 0.29) is 11.4 Å². The number of halogens is 1. The molecule has 1 saturated heterocycles. The van der Waals surface area contributed by atoms with Crippen LogP contribution in [0.15, 0.2) is 84.9 Å². The third kappa shape index (κ3) is 4.37. The van der Waals surface area contributed by atoms with Gasteiger partial charge in [0.2, 0.25) is 0 Å². The molecule has 0 amide bonds. The molecular weight excluding hydrogens is 489 g/mol. The monoisotopic (exact) mass is 519 g/mol. The van der Waals surface area contributed by atoms with Crippen LogP contribution >= 0.6 is 0 Å². The van der Waals surface area contributed by atoms with Gasteiger partial charge in [0.05, 0.1) is 18.9 Å². The first kappa shape index (κ1) is 24.0. The molecule has 5 aromatic rings. The first-order valence-electron chi connectivity index (χ1n) is 13.6. The van der Waals surface area contributed by atoms with Crippen molar-refractivity contribution in [2.45, 2.75) is 24.8 Å². The summed E-state index contributed by atoms with van der Waals surface area (Å²) in [5, 5.41) is 0. The molecule has 0 radical (unpaired) electrons. The van der Waals surface area contributed by atoms with Crippen molar-refractivity contribution in [2.24, 2.45) is 5.73 Å². The molecule has 2 fully saturated rings. The molecule has 0 bridgehead atoms. The normalized spacial score (nSPS) is 16.8. The number of benzene rings is 3. The third-order valence-electron chi connectivity index (χ3n) is 8.07. The van der Waals surface area contributed by atoms with Crippen molar-refractivity contribution in [2.75, 3.05) is 31.2 Å². The molecule has 0 spiro atoms. The zero-order valence-electron chi connectivity index (χ0n) is 21.7. The standard InChI is InChI=1S/C32H30FN5O/c33-25-9-5-22(6-10-25)30-36-29-14-13-28(23-3-1-4-27(21-23)37-17-19-39-20-18-37)35-31(29)38(30)26-11-7-24(8-12-26)32(34)15-2-16-32/h1,3-14,21H,2,15-20,34H2. The fourth-order valence-electron chi connectivity index (χ4n) is 5.63. The van der Waals surface area contributed by atoms with Crippen LogP contribution in [0.1, 0.15) is 24.8 Å². The predicted octanol–water partition coefficient (Wildman–Crippen LogP) is 6.07. The number of pyridine rings is 1. The minimum Gasteiger partial charge on any atom is -0.378 e. The largest absolute Gasteiger partial charge is 0.378 e. The molecular formula is C32H30FN5O. The van der Waals surface area contributed by atoms with Crippen LogP contribution in [0.2, 0.25) is 0 Å². The van der Waals surface area contributed by atoms with Gasteiger partial charge in [-0.05, 0) is 85.5 Å². The number of nitrogens with two attached hydrogens (primary N) is 1. The van der Waals surface area contributed by atoms with Gasteiger partial charge in [-0.25, -0.2) is 14.4 Å². The maximum atomic E-state index is 13.8. The maximum Gasteiger partial charge on any atom is 0.165 e. The van der Waals surface area contributed by atoms with Gasteiger partial charge in [0.25, 0.3) is 0 Å². The van der Waals surface area contributed by atoms with E-state index in [1.165, 1.54) is 24.2 Å². The number of imidazole rings is 1. The molecule has 7 rings (SSSR count). The first-order chi connectivity index (χ1) is 19.1. The van der Waals surface area contributed by atoms with Gasteiger partial charge in [0.1, 0.15) is 17.2 Å². The lowest BCUT2D eigenvalue weighted by atomic mass is 9.73. The lowest BCUT2D eigenvalue weighted by Crippen LogP contribution is -2.43. The van der Waals surface area contributed by atoms with Crippen LogP contribution in [0, 0.1) is 5.82 Å². The molecule has 196 valence electrons. The number of hydrogen-bond donors (Lipinski definition) is 1. The Morgan fingerprint density at radius 3 is 2.28 bits per heavy atom. The molecule has 7 heteroatoms. The lowest BCUT2D eigenvalue weighted by molar-refractivity contribution is 0.122. The fourth-order valence-corrected chi connectivity index (χ4v) is 5.63. The Hall–Kier alpha value is -4.07. The van der Waals surface area contributed by atoms with Gasteiger partial charge in [-0.2, -0.15) is 0 Å². The van der Waals surface area contributed by atoms with Crippen molar-refractivity contribution in [3.63, 3.8) is 0 Å². The number of hydrogen-bond acceptors (Lipinski definition) is 5. The molecule has 1 saturated carbocycles. The Morgan fingerprint density at radius 1 is 0.795 bits per heavy atom. The first-order valence-corrected chi connectivity index (χ1v) is 13.6. The number of fused-ring (bicyclic) bond motifs is 1. The van der Waals surface area contributed by atoms with Gasteiger partial charge in [-0.15, -0.1) is 0 Å². The predicted molar refractivity (Wildman–Crippen MR) is 152 cm³/mol. The number of rotatable bonds is 5. The molecule has 2 N–H and O–H groups in total. The van der Waals surface area contributed by atoms with Crippen molar-refractivity contribution in [3.05, 3.63) is 96.3 Å². The highest BCUT2D eigenvalue weighted by Gasteiger charge is 2.34. The van der Waals surface area contributed by atoms with E-state index in [0.717, 1.165) is 84.2 Å². The second kappa shape index (κ2) is 9.59. The van der Waals surface area contributed by atoms with Crippen LogP contribution in [0.3, 0.4) is 0 Å². The number of anilines is 1. The van der Waals surface area contributed by atoms with Gasteiger partial charge in [-0.3, -0.25) is 4.57 Å². The number of ether oxygens (including phenoxy) is 1. The van der Waals surface area contributed by atoms with Crippen molar-refractivity contribution >= 4 is 16.9 Å². The molecule has 3 heterocycles. The van der Waals surface area contributed by atoms with E-state index in [1.54, 1.807) is 12.1 Å². The van der Waals surface area contributed by atoms with Crippen LogP contribution in [0.25, 0.3) is 39.5 Å². The topological polar surface area (TPSA) is 69.2 Å². The van der Waals surface area contributed by atoms with E-state index < -0.39 is 0 Å². The van der Waals surface area contributed by atoms with Crippen LogP contribution < -0.4 is 10.6 Å². The fraction of sp³-hybridized carbons (Fsp3) is 0.250. The second-order valence-corrected chi connectivity index (χ2v) is 10.5.